The van der Waals surface area contributed by atoms with Crippen molar-refractivity contribution in [3.05, 3.63) is 77.3 Å². The molecule has 2 aromatic heterocycles. The van der Waals surface area contributed by atoms with Crippen molar-refractivity contribution in [1.82, 2.24) is 19.9 Å². The molecule has 0 bridgehead atoms. The topological polar surface area (TPSA) is 68.5 Å². The second-order valence-corrected chi connectivity index (χ2v) is 8.22. The molecule has 6 nitrogen and oxygen atoms in total. The number of hydrogen-bond donors (Lipinski definition) is 1. The predicted octanol–water partition coefficient (Wildman–Crippen LogP) is 5.00. The zero-order valence-corrected chi connectivity index (χ0v) is 18.8. The van der Waals surface area contributed by atoms with Gasteiger partial charge in [0, 0.05) is 29.5 Å². The normalized spacial score (nSPS) is 11.0. The Morgan fingerprint density at radius 1 is 1.22 bits per heavy atom. The van der Waals surface area contributed by atoms with Gasteiger partial charge in [0.25, 0.3) is 0 Å². The first kappa shape index (κ1) is 22.1. The molecule has 164 valence electrons. The molecule has 0 aliphatic carbocycles. The Morgan fingerprint density at radius 2 is 2.03 bits per heavy atom. The molecule has 1 N–H and O–H groups in total. The number of halogens is 2. The number of thioether (sulfide) groups is 1. The quantitative estimate of drug-likeness (QED) is 0.367. The van der Waals surface area contributed by atoms with Crippen molar-refractivity contribution in [3.63, 3.8) is 0 Å². The molecule has 0 aliphatic rings. The van der Waals surface area contributed by atoms with Crippen LogP contribution >= 0.6 is 23.4 Å². The fraction of sp³-hybridized carbons (Fsp3) is 0.174. The number of nitrogens with zero attached hydrogens (tertiary/aromatic N) is 3. The number of carbonyl (C=O) groups is 1. The number of amides is 1. The lowest BCUT2D eigenvalue weighted by Crippen LogP contribution is -2.24. The number of fused-ring (bicyclic) bond motifs is 1. The highest BCUT2D eigenvalue weighted by Crippen LogP contribution is 2.27. The van der Waals surface area contributed by atoms with Gasteiger partial charge < -0.3 is 10.1 Å². The third-order valence-corrected chi connectivity index (χ3v) is 5.99. The Labute approximate surface area is 193 Å². The Hall–Kier alpha value is -3.10. The second kappa shape index (κ2) is 10.0. The molecule has 0 saturated heterocycles. The molecule has 32 heavy (non-hydrogen) atoms. The highest BCUT2D eigenvalue weighted by atomic mass is 35.5. The van der Waals surface area contributed by atoms with Gasteiger partial charge in [-0.25, -0.2) is 13.9 Å². The number of carbonyl (C=O) groups excluding carboxylic acids is 1. The first-order chi connectivity index (χ1) is 15.5. The maximum absolute atomic E-state index is 13.1. The van der Waals surface area contributed by atoms with Gasteiger partial charge in [-0.3, -0.25) is 4.79 Å². The average Bonchev–Trinajstić information content (AvgIpc) is 3.23. The Balaban J connectivity index is 1.42. The second-order valence-electron chi connectivity index (χ2n) is 6.85. The van der Waals surface area contributed by atoms with E-state index >= 15 is 0 Å². The molecule has 4 aromatic rings. The lowest BCUT2D eigenvalue weighted by atomic mass is 10.1. The Bertz CT molecular complexity index is 1250. The molecule has 0 unspecified atom stereocenters. The maximum atomic E-state index is 13.1. The highest BCUT2D eigenvalue weighted by Gasteiger charge is 2.12. The summed E-state index contributed by atoms with van der Waals surface area (Å²) in [5, 5.41) is 8.40. The molecule has 0 radical (unpaired) electrons. The molecule has 1 amide bonds. The molecule has 0 aliphatic heterocycles. The van der Waals surface area contributed by atoms with Crippen LogP contribution in [-0.4, -0.2) is 32.9 Å². The van der Waals surface area contributed by atoms with Gasteiger partial charge in [-0.05, 0) is 55.0 Å². The number of aromatic nitrogens is 3. The molecule has 0 spiro atoms. The van der Waals surface area contributed by atoms with Gasteiger partial charge in [-0.2, -0.15) is 5.10 Å². The lowest BCUT2D eigenvalue weighted by Gasteiger charge is -2.07. The average molecular weight is 471 g/mol. The molecule has 0 atom stereocenters. The van der Waals surface area contributed by atoms with Crippen LogP contribution < -0.4 is 10.1 Å². The van der Waals surface area contributed by atoms with Crippen molar-refractivity contribution >= 4 is 34.8 Å². The SMILES string of the molecule is CCOc1ccc(-c2cc3c(SCC(=O)NCc4ccc(F)cc4Cl)nccn3n2)cc1. The summed E-state index contributed by atoms with van der Waals surface area (Å²) in [6.07, 6.45) is 3.43. The van der Waals surface area contributed by atoms with E-state index in [2.05, 4.69) is 15.4 Å². The minimum atomic E-state index is -0.412. The first-order valence-corrected chi connectivity index (χ1v) is 11.3. The van der Waals surface area contributed by atoms with E-state index in [0.29, 0.717) is 17.2 Å². The molecule has 0 fully saturated rings. The Morgan fingerprint density at radius 3 is 2.78 bits per heavy atom. The Kier molecular flexibility index (Phi) is 6.92. The minimum Gasteiger partial charge on any atom is -0.494 e. The summed E-state index contributed by atoms with van der Waals surface area (Å²) < 4.78 is 20.4. The van der Waals surface area contributed by atoms with Crippen LogP contribution in [0, 0.1) is 5.82 Å². The van der Waals surface area contributed by atoms with E-state index < -0.39 is 5.82 Å². The fourth-order valence-corrected chi connectivity index (χ4v) is 4.12. The van der Waals surface area contributed by atoms with E-state index in [1.54, 1.807) is 23.0 Å². The largest absolute Gasteiger partial charge is 0.494 e. The zero-order chi connectivity index (χ0) is 22.5. The van der Waals surface area contributed by atoms with Crippen LogP contribution in [0.2, 0.25) is 5.02 Å². The van der Waals surface area contributed by atoms with E-state index in [9.17, 15) is 9.18 Å². The van der Waals surface area contributed by atoms with Crippen molar-refractivity contribution < 1.29 is 13.9 Å². The molecule has 4 rings (SSSR count). The van der Waals surface area contributed by atoms with Gasteiger partial charge in [0.2, 0.25) is 5.91 Å². The van der Waals surface area contributed by atoms with E-state index in [1.807, 2.05) is 37.3 Å². The van der Waals surface area contributed by atoms with E-state index in [1.165, 1.54) is 23.9 Å². The monoisotopic (exact) mass is 470 g/mol. The van der Waals surface area contributed by atoms with Crippen LogP contribution in [0.5, 0.6) is 5.75 Å². The van der Waals surface area contributed by atoms with Crippen molar-refractivity contribution in [2.24, 2.45) is 0 Å². The highest BCUT2D eigenvalue weighted by molar-refractivity contribution is 8.00. The minimum absolute atomic E-state index is 0.176. The van der Waals surface area contributed by atoms with E-state index in [-0.39, 0.29) is 23.2 Å². The van der Waals surface area contributed by atoms with Gasteiger partial charge in [0.05, 0.1) is 23.6 Å². The molecular formula is C23H20ClFN4O2S. The number of hydrogen-bond acceptors (Lipinski definition) is 5. The van der Waals surface area contributed by atoms with Crippen LogP contribution in [0.1, 0.15) is 12.5 Å². The van der Waals surface area contributed by atoms with Crippen molar-refractivity contribution in [3.8, 4) is 17.0 Å². The predicted molar refractivity (Wildman–Crippen MR) is 124 cm³/mol. The van der Waals surface area contributed by atoms with Gasteiger partial charge in [0.15, 0.2) is 0 Å². The zero-order valence-electron chi connectivity index (χ0n) is 17.2. The summed E-state index contributed by atoms with van der Waals surface area (Å²) in [4.78, 5) is 16.7. The van der Waals surface area contributed by atoms with Crippen LogP contribution in [-0.2, 0) is 11.3 Å². The van der Waals surface area contributed by atoms with E-state index in [0.717, 1.165) is 22.5 Å². The number of nitrogens with one attached hydrogen (secondary N) is 1. The molecule has 0 saturated carbocycles. The fourth-order valence-electron chi connectivity index (χ4n) is 3.08. The standard InChI is InChI=1S/C23H20ClFN4O2S/c1-2-31-18-7-4-15(5-8-18)20-12-21-23(26-9-10-29(21)28-20)32-14-22(30)27-13-16-3-6-17(25)11-19(16)24/h3-12H,2,13-14H2,1H3,(H,27,30). The molecule has 2 heterocycles. The van der Waals surface area contributed by atoms with Crippen LogP contribution in [0.25, 0.3) is 16.8 Å². The third-order valence-electron chi connectivity index (χ3n) is 4.65. The number of benzene rings is 2. The summed E-state index contributed by atoms with van der Waals surface area (Å²) in [7, 11) is 0. The smallest absolute Gasteiger partial charge is 0.230 e. The molecular weight excluding hydrogens is 451 g/mol. The summed E-state index contributed by atoms with van der Waals surface area (Å²) in [5.41, 5.74) is 3.23. The summed E-state index contributed by atoms with van der Waals surface area (Å²) >= 11 is 7.33. The van der Waals surface area contributed by atoms with Gasteiger partial charge >= 0.3 is 0 Å². The van der Waals surface area contributed by atoms with Crippen molar-refractivity contribution in [1.29, 1.82) is 0 Å². The van der Waals surface area contributed by atoms with Crippen LogP contribution in [0.15, 0.2) is 66.0 Å². The summed E-state index contributed by atoms with van der Waals surface area (Å²) in [5.74, 6) is 0.399. The maximum Gasteiger partial charge on any atom is 0.230 e. The van der Waals surface area contributed by atoms with E-state index in [4.69, 9.17) is 16.3 Å². The van der Waals surface area contributed by atoms with Gasteiger partial charge in [-0.15, -0.1) is 0 Å². The number of rotatable bonds is 8. The molecule has 2 aromatic carbocycles. The lowest BCUT2D eigenvalue weighted by molar-refractivity contribution is -0.118. The first-order valence-electron chi connectivity index (χ1n) is 9.94. The number of ether oxygens (including phenoxy) is 1. The van der Waals surface area contributed by atoms with Gasteiger partial charge in [-0.1, -0.05) is 29.4 Å². The third kappa shape index (κ3) is 5.20. The summed E-state index contributed by atoms with van der Waals surface area (Å²) in [6, 6.07) is 13.8. The molecule has 9 heteroatoms. The van der Waals surface area contributed by atoms with Crippen LogP contribution in [0.3, 0.4) is 0 Å². The van der Waals surface area contributed by atoms with Crippen LogP contribution in [0.4, 0.5) is 4.39 Å². The van der Waals surface area contributed by atoms with Gasteiger partial charge in [0.1, 0.15) is 16.6 Å². The van der Waals surface area contributed by atoms with Crippen molar-refractivity contribution in [2.75, 3.05) is 12.4 Å². The summed E-state index contributed by atoms with van der Waals surface area (Å²) in [6.45, 7) is 2.79. The van der Waals surface area contributed by atoms with Crippen molar-refractivity contribution in [2.45, 2.75) is 18.5 Å².